The molecule has 3 heteroatoms. The monoisotopic (exact) mass is 420 g/mol. The highest BCUT2D eigenvalue weighted by Crippen LogP contribution is 2.37. The van der Waals surface area contributed by atoms with Crippen LogP contribution in [-0.4, -0.2) is 13.1 Å². The van der Waals surface area contributed by atoms with Crippen molar-refractivity contribution < 1.29 is 4.74 Å². The van der Waals surface area contributed by atoms with E-state index in [0.717, 1.165) is 25.3 Å². The average molecular weight is 421 g/mol. The molecule has 1 fully saturated rings. The van der Waals surface area contributed by atoms with Crippen molar-refractivity contribution in [1.82, 2.24) is 0 Å². The van der Waals surface area contributed by atoms with E-state index in [1.807, 2.05) is 18.2 Å². The van der Waals surface area contributed by atoms with Crippen LogP contribution >= 0.6 is 0 Å². The summed E-state index contributed by atoms with van der Waals surface area (Å²) in [7, 11) is 0. The quantitative estimate of drug-likeness (QED) is 0.346. The van der Waals surface area contributed by atoms with Crippen molar-refractivity contribution in [2.75, 3.05) is 22.9 Å². The number of nitrogens with zero attached hydrogens (tertiary/aromatic N) is 2. The van der Waals surface area contributed by atoms with Gasteiger partial charge in [0.05, 0.1) is 0 Å². The molecular weight excluding hydrogens is 392 g/mol. The molecule has 0 saturated carbocycles. The van der Waals surface area contributed by atoms with E-state index in [1.54, 1.807) is 0 Å². The second-order valence-electron chi connectivity index (χ2n) is 8.13. The van der Waals surface area contributed by atoms with Gasteiger partial charge in [-0.25, -0.2) is 0 Å². The zero-order valence-electron chi connectivity index (χ0n) is 18.2. The Bertz CT molecular complexity index is 1050. The minimum Gasteiger partial charge on any atom is -0.489 e. The Hall–Kier alpha value is -3.72. The lowest BCUT2D eigenvalue weighted by Crippen LogP contribution is -2.48. The fraction of sp³-hybridized carbons (Fsp3) is 0.172. The third-order valence-corrected chi connectivity index (χ3v) is 5.99. The van der Waals surface area contributed by atoms with Crippen LogP contribution in [0.5, 0.6) is 5.75 Å². The first-order valence-electron chi connectivity index (χ1n) is 11.3. The summed E-state index contributed by atoms with van der Waals surface area (Å²) in [6.45, 7) is 2.64. The predicted octanol–water partition coefficient (Wildman–Crippen LogP) is 6.68. The van der Waals surface area contributed by atoms with Crippen molar-refractivity contribution in [1.29, 1.82) is 0 Å². The summed E-state index contributed by atoms with van der Waals surface area (Å²) >= 11 is 0. The molecule has 4 aromatic rings. The number of hydrogen-bond acceptors (Lipinski definition) is 3. The number of para-hydroxylation sites is 2. The second-order valence-corrected chi connectivity index (χ2v) is 8.13. The Kier molecular flexibility index (Phi) is 6.07. The lowest BCUT2D eigenvalue weighted by atomic mass is 10.0. The molecule has 0 aliphatic carbocycles. The third kappa shape index (κ3) is 4.47. The topological polar surface area (TPSA) is 15.7 Å². The van der Waals surface area contributed by atoms with Gasteiger partial charge in [0.1, 0.15) is 18.5 Å². The van der Waals surface area contributed by atoms with Gasteiger partial charge in [0.15, 0.2) is 0 Å². The third-order valence-electron chi connectivity index (χ3n) is 5.99. The summed E-state index contributed by atoms with van der Waals surface area (Å²) in [6, 6.07) is 40.4. The first-order valence-corrected chi connectivity index (χ1v) is 11.3. The molecule has 32 heavy (non-hydrogen) atoms. The molecule has 0 radical (unpaired) electrons. The van der Waals surface area contributed by atoms with Crippen LogP contribution in [0.25, 0.3) is 0 Å². The lowest BCUT2D eigenvalue weighted by Gasteiger charge is -2.46. The van der Waals surface area contributed by atoms with E-state index >= 15 is 0 Å². The SMILES string of the molecule is c1ccc(COc2ccc(C3N(c4ccccc4)CCCN3c3ccccc3)cc2)cc1. The van der Waals surface area contributed by atoms with Crippen molar-refractivity contribution in [3.63, 3.8) is 0 Å². The van der Waals surface area contributed by atoms with Gasteiger partial charge in [-0.2, -0.15) is 0 Å². The Balaban J connectivity index is 1.43. The average Bonchev–Trinajstić information content (AvgIpc) is 2.89. The molecule has 3 nitrogen and oxygen atoms in total. The van der Waals surface area contributed by atoms with Crippen molar-refractivity contribution in [3.05, 3.63) is 126 Å². The van der Waals surface area contributed by atoms with Crippen LogP contribution in [0.4, 0.5) is 11.4 Å². The molecule has 0 amide bonds. The summed E-state index contributed by atoms with van der Waals surface area (Å²) in [5, 5.41) is 0. The van der Waals surface area contributed by atoms with E-state index in [1.165, 1.54) is 22.5 Å². The number of anilines is 2. The Morgan fingerprint density at radius 3 is 1.62 bits per heavy atom. The number of rotatable bonds is 6. The molecule has 5 rings (SSSR count). The molecule has 0 atom stereocenters. The van der Waals surface area contributed by atoms with Crippen LogP contribution in [0.15, 0.2) is 115 Å². The molecule has 0 aromatic heterocycles. The van der Waals surface area contributed by atoms with Gasteiger partial charge in [-0.3, -0.25) is 0 Å². The summed E-state index contributed by atoms with van der Waals surface area (Å²) in [5.74, 6) is 0.894. The summed E-state index contributed by atoms with van der Waals surface area (Å²) in [5.41, 5.74) is 4.95. The summed E-state index contributed by atoms with van der Waals surface area (Å²) in [4.78, 5) is 5.02. The van der Waals surface area contributed by atoms with Crippen molar-refractivity contribution in [3.8, 4) is 5.75 Å². The van der Waals surface area contributed by atoms with Gasteiger partial charge >= 0.3 is 0 Å². The van der Waals surface area contributed by atoms with Gasteiger partial charge < -0.3 is 14.5 Å². The summed E-state index contributed by atoms with van der Waals surface area (Å²) < 4.78 is 6.03. The number of ether oxygens (including phenoxy) is 1. The van der Waals surface area contributed by atoms with Crippen molar-refractivity contribution in [2.24, 2.45) is 0 Å². The maximum atomic E-state index is 6.03. The molecule has 0 unspecified atom stereocenters. The molecule has 0 spiro atoms. The van der Waals surface area contributed by atoms with Crippen LogP contribution in [0.1, 0.15) is 23.7 Å². The smallest absolute Gasteiger partial charge is 0.128 e. The van der Waals surface area contributed by atoms with Gasteiger partial charge in [-0.15, -0.1) is 0 Å². The highest BCUT2D eigenvalue weighted by molar-refractivity contribution is 5.57. The molecular formula is C29H28N2O. The van der Waals surface area contributed by atoms with Gasteiger partial charge in [0.25, 0.3) is 0 Å². The molecule has 160 valence electrons. The molecule has 1 aliphatic heterocycles. The first-order chi connectivity index (χ1) is 15.9. The maximum Gasteiger partial charge on any atom is 0.128 e. The van der Waals surface area contributed by atoms with E-state index < -0.39 is 0 Å². The molecule has 4 aromatic carbocycles. The molecule has 0 N–H and O–H groups in total. The zero-order valence-corrected chi connectivity index (χ0v) is 18.2. The number of benzene rings is 4. The van der Waals surface area contributed by atoms with E-state index in [4.69, 9.17) is 4.74 Å². The zero-order chi connectivity index (χ0) is 21.6. The van der Waals surface area contributed by atoms with E-state index in [-0.39, 0.29) is 6.17 Å². The fourth-order valence-electron chi connectivity index (χ4n) is 4.44. The highest BCUT2D eigenvalue weighted by Gasteiger charge is 2.31. The van der Waals surface area contributed by atoms with E-state index in [9.17, 15) is 0 Å². The molecule has 1 aliphatic rings. The minimum atomic E-state index is 0.136. The predicted molar refractivity (Wildman–Crippen MR) is 132 cm³/mol. The molecule has 0 bridgehead atoms. The maximum absolute atomic E-state index is 6.03. The van der Waals surface area contributed by atoms with Gasteiger partial charge in [-0.1, -0.05) is 78.9 Å². The van der Waals surface area contributed by atoms with E-state index in [2.05, 4.69) is 107 Å². The van der Waals surface area contributed by atoms with Crippen molar-refractivity contribution >= 4 is 11.4 Å². The number of hydrogen-bond donors (Lipinski definition) is 0. The van der Waals surface area contributed by atoms with Crippen LogP contribution in [0.2, 0.25) is 0 Å². The van der Waals surface area contributed by atoms with Gasteiger partial charge in [0, 0.05) is 24.5 Å². The van der Waals surface area contributed by atoms with Crippen molar-refractivity contribution in [2.45, 2.75) is 19.2 Å². The van der Waals surface area contributed by atoms with Crippen LogP contribution in [-0.2, 0) is 6.61 Å². The van der Waals surface area contributed by atoms with Gasteiger partial charge in [-0.05, 0) is 53.9 Å². The Labute approximate surface area is 190 Å². The van der Waals surface area contributed by atoms with Gasteiger partial charge in [0.2, 0.25) is 0 Å². The normalized spacial score (nSPS) is 14.4. The molecule has 1 saturated heterocycles. The van der Waals surface area contributed by atoms with Crippen LogP contribution in [0.3, 0.4) is 0 Å². The fourth-order valence-corrected chi connectivity index (χ4v) is 4.44. The first kappa shape index (κ1) is 20.2. The molecule has 1 heterocycles. The standard InChI is InChI=1S/C29H28N2O/c1-4-11-24(12-5-1)23-32-28-19-17-25(18-20-28)29-30(26-13-6-2-7-14-26)21-10-22-31(29)27-15-8-3-9-16-27/h1-9,11-20,29H,10,21-23H2. The largest absolute Gasteiger partial charge is 0.489 e. The van der Waals surface area contributed by atoms with Crippen LogP contribution < -0.4 is 14.5 Å². The van der Waals surface area contributed by atoms with E-state index in [0.29, 0.717) is 6.61 Å². The Morgan fingerprint density at radius 1 is 0.594 bits per heavy atom. The Morgan fingerprint density at radius 2 is 1.09 bits per heavy atom. The van der Waals surface area contributed by atoms with Crippen LogP contribution in [0, 0.1) is 0 Å². The lowest BCUT2D eigenvalue weighted by molar-refractivity contribution is 0.306. The highest BCUT2D eigenvalue weighted by atomic mass is 16.5. The second kappa shape index (κ2) is 9.61. The summed E-state index contributed by atoms with van der Waals surface area (Å²) in [6.07, 6.45) is 1.26. The minimum absolute atomic E-state index is 0.136.